The van der Waals surface area contributed by atoms with Crippen LogP contribution >= 0.6 is 11.6 Å². The number of urea groups is 1. The standard InChI is InChI=1S/C16H25ClN2O2/c1-11(2)15(13-7-5-6-8-14(13)17)19-16(20)18-12(3)9-10-21-4/h5-8,11-12,15H,9-10H2,1-4H3,(H2,18,19,20). The molecule has 2 amide bonds. The number of nitrogens with one attached hydrogen (secondary N) is 2. The predicted molar refractivity (Wildman–Crippen MR) is 86.7 cm³/mol. The van der Waals surface area contributed by atoms with Gasteiger partial charge in [-0.25, -0.2) is 4.79 Å². The SMILES string of the molecule is COCCC(C)NC(=O)NC(c1ccccc1Cl)C(C)C. The van der Waals surface area contributed by atoms with Crippen LogP contribution in [-0.4, -0.2) is 25.8 Å². The maximum Gasteiger partial charge on any atom is 0.315 e. The summed E-state index contributed by atoms with van der Waals surface area (Å²) in [6, 6.07) is 7.36. The number of rotatable bonds is 7. The smallest absolute Gasteiger partial charge is 0.315 e. The average Bonchev–Trinajstić information content (AvgIpc) is 2.43. The van der Waals surface area contributed by atoms with Crippen molar-refractivity contribution < 1.29 is 9.53 Å². The van der Waals surface area contributed by atoms with Crippen molar-refractivity contribution in [1.29, 1.82) is 0 Å². The number of hydrogen-bond acceptors (Lipinski definition) is 2. The van der Waals surface area contributed by atoms with E-state index in [1.165, 1.54) is 0 Å². The van der Waals surface area contributed by atoms with Gasteiger partial charge in [-0.2, -0.15) is 0 Å². The Morgan fingerprint density at radius 2 is 1.90 bits per heavy atom. The highest BCUT2D eigenvalue weighted by Gasteiger charge is 2.21. The normalized spacial score (nSPS) is 13.8. The molecule has 2 unspecified atom stereocenters. The second-order valence-corrected chi connectivity index (χ2v) is 5.95. The fourth-order valence-corrected chi connectivity index (χ4v) is 2.36. The largest absolute Gasteiger partial charge is 0.385 e. The molecule has 1 aromatic carbocycles. The molecule has 0 saturated carbocycles. The van der Waals surface area contributed by atoms with Crippen LogP contribution in [0.3, 0.4) is 0 Å². The number of hydrogen-bond donors (Lipinski definition) is 2. The molecule has 1 rings (SSSR count). The van der Waals surface area contributed by atoms with E-state index in [1.807, 2.05) is 31.2 Å². The van der Waals surface area contributed by atoms with Gasteiger partial charge in [0.05, 0.1) is 6.04 Å². The Morgan fingerprint density at radius 3 is 2.48 bits per heavy atom. The van der Waals surface area contributed by atoms with E-state index in [9.17, 15) is 4.79 Å². The lowest BCUT2D eigenvalue weighted by atomic mass is 9.96. The molecule has 0 heterocycles. The molecular weight excluding hydrogens is 288 g/mol. The summed E-state index contributed by atoms with van der Waals surface area (Å²) in [4.78, 5) is 12.1. The molecule has 0 aromatic heterocycles. The summed E-state index contributed by atoms with van der Waals surface area (Å²) in [5.74, 6) is 0.241. The summed E-state index contributed by atoms with van der Waals surface area (Å²) < 4.78 is 5.01. The minimum atomic E-state index is -0.183. The van der Waals surface area contributed by atoms with E-state index in [2.05, 4.69) is 24.5 Å². The van der Waals surface area contributed by atoms with Crippen LogP contribution in [0.25, 0.3) is 0 Å². The summed E-state index contributed by atoms with van der Waals surface area (Å²) >= 11 is 6.23. The number of benzene rings is 1. The summed E-state index contributed by atoms with van der Waals surface area (Å²) in [5, 5.41) is 6.59. The van der Waals surface area contributed by atoms with E-state index in [0.717, 1.165) is 12.0 Å². The van der Waals surface area contributed by atoms with Crippen molar-refractivity contribution in [3.8, 4) is 0 Å². The highest BCUT2D eigenvalue weighted by atomic mass is 35.5. The molecule has 118 valence electrons. The molecule has 1 aromatic rings. The van der Waals surface area contributed by atoms with E-state index in [-0.39, 0.29) is 24.0 Å². The number of carbonyl (C=O) groups excluding carboxylic acids is 1. The molecule has 21 heavy (non-hydrogen) atoms. The quantitative estimate of drug-likeness (QED) is 0.805. The first-order chi connectivity index (χ1) is 9.95. The lowest BCUT2D eigenvalue weighted by Crippen LogP contribution is -2.44. The molecule has 0 bridgehead atoms. The molecule has 2 atom stereocenters. The fourth-order valence-electron chi connectivity index (χ4n) is 2.10. The molecule has 4 nitrogen and oxygen atoms in total. The highest BCUT2D eigenvalue weighted by Crippen LogP contribution is 2.27. The van der Waals surface area contributed by atoms with Gasteiger partial charge >= 0.3 is 6.03 Å². The molecule has 5 heteroatoms. The van der Waals surface area contributed by atoms with Crippen LogP contribution in [0, 0.1) is 5.92 Å². The Morgan fingerprint density at radius 1 is 1.24 bits per heavy atom. The number of carbonyl (C=O) groups is 1. The molecule has 0 radical (unpaired) electrons. The Hall–Kier alpha value is -1.26. The first-order valence-electron chi connectivity index (χ1n) is 7.26. The zero-order valence-corrected chi connectivity index (χ0v) is 13.9. The van der Waals surface area contributed by atoms with Crippen LogP contribution in [0.1, 0.15) is 38.8 Å². The van der Waals surface area contributed by atoms with E-state index >= 15 is 0 Å². The lowest BCUT2D eigenvalue weighted by molar-refractivity contribution is 0.183. The second-order valence-electron chi connectivity index (χ2n) is 5.54. The number of methoxy groups -OCH3 is 1. The van der Waals surface area contributed by atoms with Gasteiger partial charge in [-0.3, -0.25) is 0 Å². The van der Waals surface area contributed by atoms with Crippen molar-refractivity contribution >= 4 is 17.6 Å². The maximum atomic E-state index is 12.1. The summed E-state index contributed by atoms with van der Waals surface area (Å²) in [6.45, 7) is 6.70. The minimum absolute atomic E-state index is 0.0593. The van der Waals surface area contributed by atoms with E-state index < -0.39 is 0 Å². The van der Waals surface area contributed by atoms with Gasteiger partial charge in [-0.1, -0.05) is 43.6 Å². The summed E-state index contributed by atoms with van der Waals surface area (Å²) in [5.41, 5.74) is 0.939. The van der Waals surface area contributed by atoms with Crippen LogP contribution in [0.4, 0.5) is 4.79 Å². The molecule has 0 aliphatic rings. The van der Waals surface area contributed by atoms with Gasteiger partial charge in [0, 0.05) is 24.8 Å². The van der Waals surface area contributed by atoms with Crippen LogP contribution in [0.15, 0.2) is 24.3 Å². The van der Waals surface area contributed by atoms with Gasteiger partial charge in [0.15, 0.2) is 0 Å². The van der Waals surface area contributed by atoms with Crippen LogP contribution in [0.5, 0.6) is 0 Å². The van der Waals surface area contributed by atoms with Gasteiger partial charge in [-0.05, 0) is 30.9 Å². The topological polar surface area (TPSA) is 50.4 Å². The van der Waals surface area contributed by atoms with Gasteiger partial charge in [0.25, 0.3) is 0 Å². The van der Waals surface area contributed by atoms with Crippen molar-refractivity contribution in [2.45, 2.75) is 39.3 Å². The first kappa shape index (κ1) is 17.8. The Balaban J connectivity index is 2.67. The minimum Gasteiger partial charge on any atom is -0.385 e. The number of ether oxygens (including phenoxy) is 1. The lowest BCUT2D eigenvalue weighted by Gasteiger charge is -2.25. The van der Waals surface area contributed by atoms with Crippen molar-refractivity contribution in [2.24, 2.45) is 5.92 Å². The third-order valence-corrected chi connectivity index (χ3v) is 3.67. The molecule has 0 fully saturated rings. The number of halogens is 1. The Labute approximate surface area is 132 Å². The van der Waals surface area contributed by atoms with Crippen molar-refractivity contribution in [3.05, 3.63) is 34.9 Å². The van der Waals surface area contributed by atoms with Gasteiger partial charge in [0.1, 0.15) is 0 Å². The molecule has 0 spiro atoms. The predicted octanol–water partition coefficient (Wildman–Crippen LogP) is 3.76. The Kier molecular flexibility index (Phi) is 7.54. The zero-order valence-electron chi connectivity index (χ0n) is 13.2. The monoisotopic (exact) mass is 312 g/mol. The second kappa shape index (κ2) is 8.90. The van der Waals surface area contributed by atoms with Gasteiger partial charge < -0.3 is 15.4 Å². The molecular formula is C16H25ClN2O2. The van der Waals surface area contributed by atoms with E-state index in [4.69, 9.17) is 16.3 Å². The van der Waals surface area contributed by atoms with Crippen LogP contribution in [0.2, 0.25) is 5.02 Å². The third kappa shape index (κ3) is 5.94. The third-order valence-electron chi connectivity index (χ3n) is 3.33. The first-order valence-corrected chi connectivity index (χ1v) is 7.64. The summed E-state index contributed by atoms with van der Waals surface area (Å²) in [7, 11) is 1.65. The maximum absolute atomic E-state index is 12.1. The molecule has 2 N–H and O–H groups in total. The zero-order chi connectivity index (χ0) is 15.8. The van der Waals surface area contributed by atoms with Crippen molar-refractivity contribution in [2.75, 3.05) is 13.7 Å². The summed E-state index contributed by atoms with van der Waals surface area (Å²) in [6.07, 6.45) is 0.780. The van der Waals surface area contributed by atoms with Gasteiger partial charge in [0.2, 0.25) is 0 Å². The van der Waals surface area contributed by atoms with Gasteiger partial charge in [-0.15, -0.1) is 0 Å². The molecule has 0 aliphatic carbocycles. The molecule has 0 saturated heterocycles. The van der Waals surface area contributed by atoms with Crippen molar-refractivity contribution in [3.63, 3.8) is 0 Å². The fraction of sp³-hybridized carbons (Fsp3) is 0.562. The average molecular weight is 313 g/mol. The van der Waals surface area contributed by atoms with Crippen molar-refractivity contribution in [1.82, 2.24) is 10.6 Å². The van der Waals surface area contributed by atoms with E-state index in [0.29, 0.717) is 11.6 Å². The van der Waals surface area contributed by atoms with Crippen LogP contribution in [-0.2, 0) is 4.74 Å². The number of amides is 2. The Bertz CT molecular complexity index is 452. The molecule has 0 aliphatic heterocycles. The van der Waals surface area contributed by atoms with Crippen LogP contribution < -0.4 is 10.6 Å². The highest BCUT2D eigenvalue weighted by molar-refractivity contribution is 6.31. The van der Waals surface area contributed by atoms with E-state index in [1.54, 1.807) is 7.11 Å².